The van der Waals surface area contributed by atoms with E-state index >= 15 is 0 Å². The molecule has 1 unspecified atom stereocenters. The lowest BCUT2D eigenvalue weighted by molar-refractivity contribution is -0.146. The standard InChI is InChI=1S/C23H29NO4/c1-4-5-8-14-28-23(26)20-15(2)24-17-11-9-12-18(25)22(17)21(20)16-10-6-7-13-19(16)27-3/h6-7,10,13,20-21H,4-5,8-9,11-12,14H2,1-3H3/t20?,21-/m0/s1. The largest absolute Gasteiger partial charge is 0.496 e. The molecule has 0 fully saturated rings. The number of aliphatic imine (C=N–C) groups is 1. The number of benzene rings is 1. The number of rotatable bonds is 7. The number of Topliss-reactive ketones (excluding diaryl/α,β-unsaturated/α-hetero) is 1. The fourth-order valence-corrected chi connectivity index (χ4v) is 4.19. The summed E-state index contributed by atoms with van der Waals surface area (Å²) in [5, 5.41) is 0. The van der Waals surface area contributed by atoms with E-state index in [1.54, 1.807) is 7.11 Å². The van der Waals surface area contributed by atoms with Gasteiger partial charge in [-0.25, -0.2) is 0 Å². The van der Waals surface area contributed by atoms with Crippen molar-refractivity contribution in [3.63, 3.8) is 0 Å². The third kappa shape index (κ3) is 4.03. The molecule has 1 heterocycles. The van der Waals surface area contributed by atoms with Gasteiger partial charge in [-0.2, -0.15) is 0 Å². The van der Waals surface area contributed by atoms with E-state index in [1.165, 1.54) is 0 Å². The van der Waals surface area contributed by atoms with Gasteiger partial charge in [-0.3, -0.25) is 14.6 Å². The Kier molecular flexibility index (Phi) is 6.65. The molecule has 0 radical (unpaired) electrons. The van der Waals surface area contributed by atoms with Gasteiger partial charge in [0.25, 0.3) is 0 Å². The number of ether oxygens (including phenoxy) is 2. The van der Waals surface area contributed by atoms with Crippen molar-refractivity contribution in [3.8, 4) is 5.75 Å². The molecule has 0 aromatic heterocycles. The molecule has 0 saturated heterocycles. The van der Waals surface area contributed by atoms with Gasteiger partial charge >= 0.3 is 5.97 Å². The molecule has 2 aliphatic rings. The number of hydrogen-bond donors (Lipinski definition) is 0. The van der Waals surface area contributed by atoms with Crippen LogP contribution in [-0.4, -0.2) is 31.2 Å². The molecule has 1 aromatic rings. The highest BCUT2D eigenvalue weighted by Gasteiger charge is 2.44. The van der Waals surface area contributed by atoms with Crippen molar-refractivity contribution < 1.29 is 19.1 Å². The Morgan fingerprint density at radius 3 is 2.75 bits per heavy atom. The molecule has 0 bridgehead atoms. The zero-order chi connectivity index (χ0) is 20.1. The van der Waals surface area contributed by atoms with Crippen LogP contribution in [0.1, 0.15) is 63.9 Å². The molecule has 0 N–H and O–H groups in total. The van der Waals surface area contributed by atoms with Crippen molar-refractivity contribution in [2.75, 3.05) is 13.7 Å². The number of para-hydroxylation sites is 1. The normalized spacial score (nSPS) is 21.8. The maximum absolute atomic E-state index is 13.1. The summed E-state index contributed by atoms with van der Waals surface area (Å²) in [7, 11) is 1.61. The third-order valence-corrected chi connectivity index (χ3v) is 5.55. The van der Waals surface area contributed by atoms with Gasteiger partial charge in [0.05, 0.1) is 13.7 Å². The molecule has 5 nitrogen and oxygen atoms in total. The minimum absolute atomic E-state index is 0.0807. The average Bonchev–Trinajstić information content (AvgIpc) is 2.70. The first-order chi connectivity index (χ1) is 13.6. The maximum atomic E-state index is 13.1. The fraction of sp³-hybridized carbons (Fsp3) is 0.522. The molecule has 2 atom stereocenters. The van der Waals surface area contributed by atoms with Crippen LogP contribution in [0.25, 0.3) is 0 Å². The number of allylic oxidation sites excluding steroid dienone is 2. The summed E-state index contributed by atoms with van der Waals surface area (Å²) in [6, 6.07) is 7.61. The number of esters is 1. The number of unbranched alkanes of at least 4 members (excludes halogenated alkanes) is 2. The molecule has 5 heteroatoms. The zero-order valence-corrected chi connectivity index (χ0v) is 17.0. The number of carbonyl (C=O) groups is 2. The summed E-state index contributed by atoms with van der Waals surface area (Å²) in [5.41, 5.74) is 3.04. The number of carbonyl (C=O) groups excluding carboxylic acids is 2. The summed E-state index contributed by atoms with van der Waals surface area (Å²) >= 11 is 0. The first-order valence-corrected chi connectivity index (χ1v) is 10.2. The second kappa shape index (κ2) is 9.18. The SMILES string of the molecule is CCCCCOC(=O)C1C(C)=NC2=C(C(=O)CCC2)[C@H]1c1ccccc1OC. The van der Waals surface area contributed by atoms with Crippen LogP contribution in [0.4, 0.5) is 0 Å². The van der Waals surface area contributed by atoms with Crippen molar-refractivity contribution in [1.82, 2.24) is 0 Å². The van der Waals surface area contributed by atoms with Crippen LogP contribution in [0.2, 0.25) is 0 Å². The predicted molar refractivity (Wildman–Crippen MR) is 109 cm³/mol. The molecule has 28 heavy (non-hydrogen) atoms. The molecule has 1 aliphatic heterocycles. The number of nitrogens with zero attached hydrogens (tertiary/aromatic N) is 1. The van der Waals surface area contributed by atoms with Crippen molar-refractivity contribution >= 4 is 17.5 Å². The van der Waals surface area contributed by atoms with Crippen LogP contribution >= 0.6 is 0 Å². The van der Waals surface area contributed by atoms with E-state index in [0.717, 1.165) is 43.4 Å². The quantitative estimate of drug-likeness (QED) is 0.509. The van der Waals surface area contributed by atoms with Crippen molar-refractivity contribution in [2.24, 2.45) is 10.9 Å². The lowest BCUT2D eigenvalue weighted by Gasteiger charge is -2.35. The maximum Gasteiger partial charge on any atom is 0.315 e. The summed E-state index contributed by atoms with van der Waals surface area (Å²) in [6.45, 7) is 4.37. The van der Waals surface area contributed by atoms with E-state index in [9.17, 15) is 9.59 Å². The molecular formula is C23H29NO4. The minimum atomic E-state index is -0.598. The minimum Gasteiger partial charge on any atom is -0.496 e. The zero-order valence-electron chi connectivity index (χ0n) is 17.0. The highest BCUT2D eigenvalue weighted by molar-refractivity contribution is 6.09. The Balaban J connectivity index is 2.02. The lowest BCUT2D eigenvalue weighted by Crippen LogP contribution is -2.37. The summed E-state index contributed by atoms with van der Waals surface area (Å²) in [5.74, 6) is -0.555. The lowest BCUT2D eigenvalue weighted by atomic mass is 9.71. The van der Waals surface area contributed by atoms with Gasteiger partial charge < -0.3 is 9.47 Å². The second-order valence-electron chi connectivity index (χ2n) is 7.46. The molecular weight excluding hydrogens is 354 g/mol. The summed E-state index contributed by atoms with van der Waals surface area (Å²) < 4.78 is 11.2. The van der Waals surface area contributed by atoms with Gasteiger partial charge in [-0.05, 0) is 32.3 Å². The van der Waals surface area contributed by atoms with Gasteiger partial charge in [0.1, 0.15) is 11.7 Å². The van der Waals surface area contributed by atoms with Crippen LogP contribution < -0.4 is 4.74 Å². The average molecular weight is 383 g/mol. The Hall–Kier alpha value is -2.43. The highest BCUT2D eigenvalue weighted by atomic mass is 16.5. The molecule has 1 aromatic carbocycles. The van der Waals surface area contributed by atoms with Crippen molar-refractivity contribution in [2.45, 2.75) is 58.3 Å². The molecule has 150 valence electrons. The van der Waals surface area contributed by atoms with E-state index in [0.29, 0.717) is 30.1 Å². The number of methoxy groups -OCH3 is 1. The molecule has 0 spiro atoms. The topological polar surface area (TPSA) is 65.0 Å². The number of ketones is 1. The van der Waals surface area contributed by atoms with E-state index in [-0.39, 0.29) is 11.8 Å². The first kappa shape index (κ1) is 20.3. The van der Waals surface area contributed by atoms with E-state index in [1.807, 2.05) is 31.2 Å². The Bertz CT molecular complexity index is 809. The van der Waals surface area contributed by atoms with Gasteiger partial charge in [-0.15, -0.1) is 0 Å². The number of hydrogen-bond acceptors (Lipinski definition) is 5. The monoisotopic (exact) mass is 383 g/mol. The van der Waals surface area contributed by atoms with Crippen LogP contribution in [0, 0.1) is 5.92 Å². The Morgan fingerprint density at radius 2 is 2.00 bits per heavy atom. The summed E-state index contributed by atoms with van der Waals surface area (Å²) in [6.07, 6.45) is 5.00. The molecule has 1 aliphatic carbocycles. The van der Waals surface area contributed by atoms with Crippen LogP contribution in [-0.2, 0) is 14.3 Å². The molecule has 0 saturated carbocycles. The van der Waals surface area contributed by atoms with E-state index in [4.69, 9.17) is 9.47 Å². The van der Waals surface area contributed by atoms with Gasteiger partial charge in [-0.1, -0.05) is 38.0 Å². The van der Waals surface area contributed by atoms with Gasteiger partial charge in [0, 0.05) is 34.9 Å². The highest BCUT2D eigenvalue weighted by Crippen LogP contribution is 2.46. The smallest absolute Gasteiger partial charge is 0.315 e. The van der Waals surface area contributed by atoms with Crippen LogP contribution in [0.5, 0.6) is 5.75 Å². The first-order valence-electron chi connectivity index (χ1n) is 10.2. The van der Waals surface area contributed by atoms with E-state index in [2.05, 4.69) is 11.9 Å². The van der Waals surface area contributed by atoms with Gasteiger partial charge in [0.15, 0.2) is 5.78 Å². The van der Waals surface area contributed by atoms with Gasteiger partial charge in [0.2, 0.25) is 0 Å². The molecule has 3 rings (SSSR count). The fourth-order valence-electron chi connectivity index (χ4n) is 4.19. The van der Waals surface area contributed by atoms with Crippen molar-refractivity contribution in [3.05, 3.63) is 41.1 Å². The van der Waals surface area contributed by atoms with E-state index < -0.39 is 11.8 Å². The van der Waals surface area contributed by atoms with Crippen LogP contribution in [0.3, 0.4) is 0 Å². The third-order valence-electron chi connectivity index (χ3n) is 5.55. The second-order valence-corrected chi connectivity index (χ2v) is 7.46. The van der Waals surface area contributed by atoms with Crippen molar-refractivity contribution in [1.29, 1.82) is 0 Å². The Labute approximate surface area is 166 Å². The summed E-state index contributed by atoms with van der Waals surface area (Å²) in [4.78, 5) is 30.6. The molecule has 0 amide bonds. The predicted octanol–water partition coefficient (Wildman–Crippen LogP) is 4.61. The Morgan fingerprint density at radius 1 is 1.21 bits per heavy atom. The van der Waals surface area contributed by atoms with Crippen LogP contribution in [0.15, 0.2) is 40.5 Å².